The Balaban J connectivity index is 0. The van der Waals surface area contributed by atoms with Crippen LogP contribution in [0.15, 0.2) is 24.3 Å². The topological polar surface area (TPSA) is 124 Å². The summed E-state index contributed by atoms with van der Waals surface area (Å²) in [5.41, 5.74) is 0. The third-order valence-corrected chi connectivity index (χ3v) is 2.94. The molecule has 0 fully saturated rings. The van der Waals surface area contributed by atoms with Gasteiger partial charge in [0.2, 0.25) is 0 Å². The van der Waals surface area contributed by atoms with E-state index in [2.05, 4.69) is 18.5 Å². The van der Waals surface area contributed by atoms with E-state index in [1.54, 1.807) is 26.4 Å². The molecule has 10 heteroatoms. The van der Waals surface area contributed by atoms with E-state index < -0.39 is 7.82 Å². The zero-order valence-electron chi connectivity index (χ0n) is 13.7. The van der Waals surface area contributed by atoms with Crippen LogP contribution >= 0.6 is 7.82 Å². The predicted molar refractivity (Wildman–Crippen MR) is 83.4 cm³/mol. The third kappa shape index (κ3) is 17.0. The van der Waals surface area contributed by atoms with Crippen molar-refractivity contribution in [2.24, 2.45) is 0 Å². The van der Waals surface area contributed by atoms with Crippen molar-refractivity contribution in [2.45, 2.75) is 0 Å². The number of phenolic OH excluding ortho intramolecular Hbond substituents is 1. The largest absolute Gasteiger partial charge is 0.508 e. The number of rotatable bonds is 7. The van der Waals surface area contributed by atoms with Crippen molar-refractivity contribution >= 4 is 7.82 Å². The second-order valence-electron chi connectivity index (χ2n) is 3.59. The van der Waals surface area contributed by atoms with E-state index in [4.69, 9.17) is 19.8 Å². The fourth-order valence-corrected chi connectivity index (χ4v) is 1.01. The van der Waals surface area contributed by atoms with E-state index in [1.165, 1.54) is 12.1 Å². The van der Waals surface area contributed by atoms with Gasteiger partial charge in [-0.2, -0.15) is 0 Å². The van der Waals surface area contributed by atoms with Gasteiger partial charge in [-0.15, -0.1) is 0 Å². The summed E-state index contributed by atoms with van der Waals surface area (Å²) in [6.45, 7) is 1.04. The van der Waals surface area contributed by atoms with Crippen LogP contribution < -0.4 is 4.74 Å². The Morgan fingerprint density at radius 3 is 1.65 bits per heavy atom. The highest BCUT2D eigenvalue weighted by atomic mass is 31.2. The molecule has 136 valence electrons. The van der Waals surface area contributed by atoms with Gasteiger partial charge in [0.15, 0.2) is 6.79 Å². The van der Waals surface area contributed by atoms with E-state index in [-0.39, 0.29) is 12.5 Å². The zero-order valence-corrected chi connectivity index (χ0v) is 14.6. The molecule has 0 spiro atoms. The van der Waals surface area contributed by atoms with Crippen LogP contribution in [0, 0.1) is 0 Å². The molecule has 9 nitrogen and oxygen atoms in total. The van der Waals surface area contributed by atoms with Gasteiger partial charge in [-0.25, -0.2) is 4.57 Å². The van der Waals surface area contributed by atoms with Crippen molar-refractivity contribution in [1.29, 1.82) is 0 Å². The molecule has 3 N–H and O–H groups in total. The lowest BCUT2D eigenvalue weighted by Crippen LogP contribution is -1.96. The van der Waals surface area contributed by atoms with Crippen LogP contribution in [0.5, 0.6) is 11.5 Å². The lowest BCUT2D eigenvalue weighted by Gasteiger charge is -2.01. The van der Waals surface area contributed by atoms with Gasteiger partial charge in [0, 0.05) is 28.4 Å². The minimum atomic E-state index is -3.65. The molecule has 1 aromatic rings. The Bertz CT molecular complexity index is 398. The first-order valence-corrected chi connectivity index (χ1v) is 7.81. The number of aromatic hydroxyl groups is 1. The van der Waals surface area contributed by atoms with E-state index in [1.807, 2.05) is 0 Å². The minimum Gasteiger partial charge on any atom is -0.508 e. The highest BCUT2D eigenvalue weighted by molar-refractivity contribution is 7.47. The van der Waals surface area contributed by atoms with Crippen molar-refractivity contribution in [2.75, 3.05) is 48.4 Å². The molecule has 0 aliphatic rings. The van der Waals surface area contributed by atoms with Crippen LogP contribution in [0.2, 0.25) is 0 Å². The molecule has 0 aliphatic heterocycles. The minimum absolute atomic E-state index is 0.185. The molecule has 0 aromatic heterocycles. The maximum Gasteiger partial charge on any atom is 0.471 e. The van der Waals surface area contributed by atoms with Gasteiger partial charge in [0.1, 0.15) is 11.5 Å². The summed E-state index contributed by atoms with van der Waals surface area (Å²) in [7, 11) is 1.85. The number of benzene rings is 1. The van der Waals surface area contributed by atoms with Gasteiger partial charge in [0.05, 0.1) is 13.2 Å². The predicted octanol–water partition coefficient (Wildman–Crippen LogP) is 1.38. The highest BCUT2D eigenvalue weighted by Gasteiger charge is 2.13. The second-order valence-corrected chi connectivity index (χ2v) is 5.25. The monoisotopic (exact) mass is 356 g/mol. The van der Waals surface area contributed by atoms with Crippen molar-refractivity contribution in [3.05, 3.63) is 24.3 Å². The average molecular weight is 356 g/mol. The first-order chi connectivity index (χ1) is 10.9. The molecule has 0 bridgehead atoms. The van der Waals surface area contributed by atoms with Crippen molar-refractivity contribution in [3.63, 3.8) is 0 Å². The van der Waals surface area contributed by atoms with Crippen molar-refractivity contribution < 1.29 is 42.9 Å². The Hall–Kier alpha value is -1.19. The molecule has 0 saturated carbocycles. The number of phenols is 1. The lowest BCUT2D eigenvalue weighted by atomic mass is 10.3. The number of ether oxygens (including phenoxy) is 3. The molecule has 0 saturated heterocycles. The second kappa shape index (κ2) is 15.7. The van der Waals surface area contributed by atoms with Gasteiger partial charge in [-0.3, -0.25) is 9.05 Å². The van der Waals surface area contributed by atoms with Crippen LogP contribution in [0.3, 0.4) is 0 Å². The van der Waals surface area contributed by atoms with Gasteiger partial charge < -0.3 is 29.3 Å². The van der Waals surface area contributed by atoms with E-state index in [9.17, 15) is 4.57 Å². The van der Waals surface area contributed by atoms with E-state index >= 15 is 0 Å². The highest BCUT2D eigenvalue weighted by Crippen LogP contribution is 2.40. The Morgan fingerprint density at radius 1 is 0.957 bits per heavy atom. The molecule has 0 amide bonds. The molecule has 0 atom stereocenters. The SMILES string of the molecule is COCCOC.COP(=O)(O)OC.OCOc1ccc(O)cc1. The summed E-state index contributed by atoms with van der Waals surface area (Å²) in [5.74, 6) is 0.727. The number of phosphoric acid groups is 1. The maximum absolute atomic E-state index is 10.1. The Kier molecular flexibility index (Phi) is 16.4. The number of methoxy groups -OCH3 is 2. The summed E-state index contributed by atoms with van der Waals surface area (Å²) in [6, 6.07) is 6.13. The standard InChI is InChI=1S/C7H8O3.C4H10O2.C2H7O4P/c8-5-10-7-3-1-6(9)2-4-7;1-5-3-4-6-2;1-5-7(3,4)6-2/h1-4,8-9H,5H2;3-4H2,1-2H3;1-2H3,(H,3,4). The summed E-state index contributed by atoms with van der Waals surface area (Å²) >= 11 is 0. The summed E-state index contributed by atoms with van der Waals surface area (Å²) in [4.78, 5) is 8.24. The molecule has 0 heterocycles. The van der Waals surface area contributed by atoms with E-state index in [0.29, 0.717) is 19.0 Å². The number of aliphatic hydroxyl groups excluding tert-OH is 1. The number of phosphoric ester groups is 1. The molecule has 23 heavy (non-hydrogen) atoms. The van der Waals surface area contributed by atoms with Gasteiger partial charge in [0.25, 0.3) is 0 Å². The molecule has 0 aliphatic carbocycles. The molecular weight excluding hydrogens is 331 g/mol. The summed E-state index contributed by atoms with van der Waals surface area (Å²) < 4.78 is 32.0. The molecule has 1 rings (SSSR count). The molecular formula is C13H25O9P. The average Bonchev–Trinajstić information content (AvgIpc) is 2.56. The Morgan fingerprint density at radius 2 is 1.39 bits per heavy atom. The van der Waals surface area contributed by atoms with Crippen LogP contribution in [-0.4, -0.2) is 63.6 Å². The van der Waals surface area contributed by atoms with Crippen LogP contribution in [-0.2, 0) is 23.1 Å². The van der Waals surface area contributed by atoms with Crippen LogP contribution in [0.1, 0.15) is 0 Å². The smallest absolute Gasteiger partial charge is 0.471 e. The quantitative estimate of drug-likeness (QED) is 0.377. The van der Waals surface area contributed by atoms with Crippen LogP contribution in [0.25, 0.3) is 0 Å². The third-order valence-electron chi connectivity index (χ3n) is 2.02. The molecule has 0 radical (unpaired) electrons. The first-order valence-electron chi connectivity index (χ1n) is 6.31. The van der Waals surface area contributed by atoms with Gasteiger partial charge in [-0.1, -0.05) is 0 Å². The lowest BCUT2D eigenvalue weighted by molar-refractivity contribution is 0.0985. The van der Waals surface area contributed by atoms with Gasteiger partial charge in [-0.05, 0) is 24.3 Å². The fourth-order valence-electron chi connectivity index (χ4n) is 0.858. The summed E-state index contributed by atoms with van der Waals surface area (Å²) in [5, 5.41) is 17.1. The Labute approximate surface area is 135 Å². The molecule has 0 unspecified atom stereocenters. The van der Waals surface area contributed by atoms with Crippen molar-refractivity contribution in [1.82, 2.24) is 0 Å². The van der Waals surface area contributed by atoms with Crippen LogP contribution in [0.4, 0.5) is 0 Å². The van der Waals surface area contributed by atoms with Crippen molar-refractivity contribution in [3.8, 4) is 11.5 Å². The molecule has 1 aromatic carbocycles. The van der Waals surface area contributed by atoms with E-state index in [0.717, 1.165) is 14.2 Å². The number of aliphatic hydroxyl groups is 1. The van der Waals surface area contributed by atoms with Gasteiger partial charge >= 0.3 is 7.82 Å². The zero-order chi connectivity index (χ0) is 18.1. The number of hydrogen-bond donors (Lipinski definition) is 3. The first kappa shape index (κ1) is 24.1. The fraction of sp³-hybridized carbons (Fsp3) is 0.538. The number of hydrogen-bond acceptors (Lipinski definition) is 8. The summed E-state index contributed by atoms with van der Waals surface area (Å²) in [6.07, 6.45) is 0. The maximum atomic E-state index is 10.1. The normalized spacial score (nSPS) is 10.0.